The minimum absolute atomic E-state index is 0.204. The van der Waals surface area contributed by atoms with Gasteiger partial charge in [0.15, 0.2) is 6.10 Å². The number of nitrogens with two attached hydrogens (primary N) is 1. The Morgan fingerprint density at radius 2 is 1.89 bits per heavy atom. The van der Waals surface area contributed by atoms with Crippen molar-refractivity contribution < 1.29 is 33.0 Å². The van der Waals surface area contributed by atoms with Crippen LogP contribution in [-0.4, -0.2) is 28.5 Å². The van der Waals surface area contributed by atoms with Gasteiger partial charge in [-0.05, 0) is 11.6 Å². The molecule has 0 saturated heterocycles. The minimum atomic E-state index is -4.85. The predicted octanol–water partition coefficient (Wildman–Crippen LogP) is 0.397. The Kier molecular flexibility index (Phi) is 4.28. The number of aldehydes is 1. The maximum Gasteiger partial charge on any atom is 0.416 e. The first-order valence-electron chi connectivity index (χ1n) is 5.00. The van der Waals surface area contributed by atoms with E-state index in [0.717, 1.165) is 12.1 Å². The van der Waals surface area contributed by atoms with E-state index in [1.807, 2.05) is 0 Å². The molecule has 0 aliphatic carbocycles. The van der Waals surface area contributed by atoms with Gasteiger partial charge in [0.2, 0.25) is 5.91 Å². The van der Waals surface area contributed by atoms with Gasteiger partial charge in [0.05, 0.1) is 5.56 Å². The molecular formula is C11H10F3NO4. The number of amides is 1. The number of aliphatic hydroxyl groups excluding tert-OH is 2. The monoisotopic (exact) mass is 277 g/mol. The largest absolute Gasteiger partial charge is 0.416 e. The van der Waals surface area contributed by atoms with Crippen LogP contribution >= 0.6 is 0 Å². The number of hydrogen-bond donors (Lipinski definition) is 3. The molecule has 0 spiro atoms. The van der Waals surface area contributed by atoms with Gasteiger partial charge in [-0.25, -0.2) is 0 Å². The van der Waals surface area contributed by atoms with Crippen molar-refractivity contribution in [3.05, 3.63) is 34.9 Å². The third kappa shape index (κ3) is 3.30. The molecule has 104 valence electrons. The Morgan fingerprint density at radius 1 is 1.32 bits per heavy atom. The van der Waals surface area contributed by atoms with Crippen LogP contribution in [0.1, 0.15) is 27.6 Å². The Morgan fingerprint density at radius 3 is 2.32 bits per heavy atom. The number of primary amides is 1. The van der Waals surface area contributed by atoms with Gasteiger partial charge in [-0.2, -0.15) is 13.2 Å². The third-order valence-electron chi connectivity index (χ3n) is 2.43. The first-order valence-corrected chi connectivity index (χ1v) is 5.00. The van der Waals surface area contributed by atoms with Crippen molar-refractivity contribution in [2.24, 2.45) is 5.73 Å². The molecule has 1 amide bonds. The van der Waals surface area contributed by atoms with Gasteiger partial charge in [0.1, 0.15) is 12.4 Å². The highest BCUT2D eigenvalue weighted by molar-refractivity contribution is 5.80. The molecule has 0 aliphatic rings. The summed E-state index contributed by atoms with van der Waals surface area (Å²) in [7, 11) is 0. The molecule has 0 radical (unpaired) electrons. The van der Waals surface area contributed by atoms with Crippen molar-refractivity contribution in [1.82, 2.24) is 0 Å². The highest BCUT2D eigenvalue weighted by Crippen LogP contribution is 2.36. The van der Waals surface area contributed by atoms with Gasteiger partial charge in [0.25, 0.3) is 0 Å². The average Bonchev–Trinajstić information content (AvgIpc) is 2.35. The van der Waals surface area contributed by atoms with Gasteiger partial charge in [-0.3, -0.25) is 9.59 Å². The van der Waals surface area contributed by atoms with Crippen molar-refractivity contribution in [1.29, 1.82) is 0 Å². The lowest BCUT2D eigenvalue weighted by Crippen LogP contribution is -2.34. The molecule has 5 nitrogen and oxygen atoms in total. The lowest BCUT2D eigenvalue weighted by Gasteiger charge is -2.20. The fraction of sp³-hybridized carbons (Fsp3) is 0.273. The topological polar surface area (TPSA) is 101 Å². The second-order valence-corrected chi connectivity index (χ2v) is 3.75. The first-order chi connectivity index (χ1) is 8.68. The van der Waals surface area contributed by atoms with Crippen LogP contribution in [0.5, 0.6) is 0 Å². The molecule has 0 heterocycles. The van der Waals surface area contributed by atoms with Crippen molar-refractivity contribution in [2.75, 3.05) is 0 Å². The maximum atomic E-state index is 12.8. The number of hydrogen-bond acceptors (Lipinski definition) is 4. The number of benzene rings is 1. The molecule has 4 N–H and O–H groups in total. The zero-order valence-corrected chi connectivity index (χ0v) is 9.39. The quantitative estimate of drug-likeness (QED) is 0.693. The van der Waals surface area contributed by atoms with Gasteiger partial charge in [-0.15, -0.1) is 0 Å². The van der Waals surface area contributed by atoms with Crippen molar-refractivity contribution in [3.8, 4) is 0 Å². The van der Waals surface area contributed by atoms with Crippen LogP contribution in [0, 0.1) is 0 Å². The first kappa shape index (κ1) is 15.1. The lowest BCUT2D eigenvalue weighted by molar-refractivity contribution is -0.142. The molecule has 0 fully saturated rings. The summed E-state index contributed by atoms with van der Waals surface area (Å²) in [5.41, 5.74) is 2.40. The van der Waals surface area contributed by atoms with E-state index >= 15 is 0 Å². The normalized spacial score (nSPS) is 14.8. The van der Waals surface area contributed by atoms with Crippen molar-refractivity contribution in [3.63, 3.8) is 0 Å². The van der Waals surface area contributed by atoms with Crippen LogP contribution in [0.3, 0.4) is 0 Å². The molecule has 2 atom stereocenters. The van der Waals surface area contributed by atoms with E-state index in [4.69, 9.17) is 5.73 Å². The zero-order chi connectivity index (χ0) is 14.8. The molecule has 8 heteroatoms. The van der Waals surface area contributed by atoms with Crippen LogP contribution < -0.4 is 5.73 Å². The van der Waals surface area contributed by atoms with Crippen LogP contribution in [0.4, 0.5) is 13.2 Å². The van der Waals surface area contributed by atoms with E-state index in [1.54, 1.807) is 0 Å². The highest BCUT2D eigenvalue weighted by Gasteiger charge is 2.37. The summed E-state index contributed by atoms with van der Waals surface area (Å²) in [6, 6.07) is 2.34. The second kappa shape index (κ2) is 5.37. The molecule has 0 bridgehead atoms. The van der Waals surface area contributed by atoms with Crippen molar-refractivity contribution in [2.45, 2.75) is 18.4 Å². The Hall–Kier alpha value is -1.93. The molecule has 0 aliphatic heterocycles. The van der Waals surface area contributed by atoms with E-state index < -0.39 is 35.4 Å². The van der Waals surface area contributed by atoms with E-state index in [-0.39, 0.29) is 11.8 Å². The third-order valence-corrected chi connectivity index (χ3v) is 2.43. The molecule has 0 aromatic heterocycles. The molecule has 0 saturated carbocycles. The van der Waals surface area contributed by atoms with Crippen LogP contribution in [0.25, 0.3) is 0 Å². The number of alkyl halides is 3. The number of carbonyl (C=O) groups excluding carboxylic acids is 2. The van der Waals surface area contributed by atoms with Gasteiger partial charge < -0.3 is 15.9 Å². The second-order valence-electron chi connectivity index (χ2n) is 3.75. The predicted molar refractivity (Wildman–Crippen MR) is 57.0 cm³/mol. The Balaban J connectivity index is 3.34. The summed E-state index contributed by atoms with van der Waals surface area (Å²) in [6.07, 6.45) is -8.96. The van der Waals surface area contributed by atoms with Gasteiger partial charge >= 0.3 is 6.18 Å². The highest BCUT2D eigenvalue weighted by atomic mass is 19.4. The van der Waals surface area contributed by atoms with E-state index in [2.05, 4.69) is 0 Å². The maximum absolute atomic E-state index is 12.8. The standard InChI is InChI=1S/C11H10F3NO4/c12-11(13,14)7-3-5(4-16)1-2-6(7)8(17)9(18)10(15)19/h1-4,8-9,17-18H,(H2,15,19). The smallest absolute Gasteiger partial charge is 0.385 e. The fourth-order valence-electron chi connectivity index (χ4n) is 1.48. The molecular weight excluding hydrogens is 267 g/mol. The van der Waals surface area contributed by atoms with E-state index in [1.165, 1.54) is 0 Å². The van der Waals surface area contributed by atoms with Gasteiger partial charge in [0, 0.05) is 5.56 Å². The van der Waals surface area contributed by atoms with Crippen molar-refractivity contribution >= 4 is 12.2 Å². The van der Waals surface area contributed by atoms with Crippen LogP contribution in [0.15, 0.2) is 18.2 Å². The molecule has 19 heavy (non-hydrogen) atoms. The number of carbonyl (C=O) groups is 2. The summed E-state index contributed by atoms with van der Waals surface area (Å²) < 4.78 is 38.3. The summed E-state index contributed by atoms with van der Waals surface area (Å²) in [6.45, 7) is 0. The SMILES string of the molecule is NC(=O)C(O)C(O)c1ccc(C=O)cc1C(F)(F)F. The summed E-state index contributed by atoms with van der Waals surface area (Å²) in [5, 5.41) is 18.7. The van der Waals surface area contributed by atoms with Crippen LogP contribution in [-0.2, 0) is 11.0 Å². The van der Waals surface area contributed by atoms with E-state index in [9.17, 15) is 33.0 Å². The fourth-order valence-corrected chi connectivity index (χ4v) is 1.48. The molecule has 1 rings (SSSR count). The number of halogens is 3. The molecule has 1 aromatic rings. The van der Waals surface area contributed by atoms with Gasteiger partial charge in [-0.1, -0.05) is 12.1 Å². The van der Waals surface area contributed by atoms with E-state index in [0.29, 0.717) is 6.07 Å². The average molecular weight is 277 g/mol. The van der Waals surface area contributed by atoms with Crippen LogP contribution in [0.2, 0.25) is 0 Å². The molecule has 1 aromatic carbocycles. The minimum Gasteiger partial charge on any atom is -0.385 e. The number of aliphatic hydroxyl groups is 2. The summed E-state index contributed by atoms with van der Waals surface area (Å²) >= 11 is 0. The Bertz CT molecular complexity index is 501. The lowest BCUT2D eigenvalue weighted by atomic mass is 9.96. The summed E-state index contributed by atoms with van der Waals surface area (Å²) in [4.78, 5) is 21.1. The zero-order valence-electron chi connectivity index (χ0n) is 9.39. The number of rotatable bonds is 4. The Labute approximate surface area is 105 Å². The summed E-state index contributed by atoms with van der Waals surface area (Å²) in [5.74, 6) is -1.36. The molecule has 2 unspecified atom stereocenters.